The highest BCUT2D eigenvalue weighted by Gasteiger charge is 2.37. The van der Waals surface area contributed by atoms with Gasteiger partial charge in [-0.25, -0.2) is 21.6 Å². The maximum Gasteiger partial charge on any atom is 0.485 e. The van der Waals surface area contributed by atoms with E-state index in [0.29, 0.717) is 3.57 Å². The molecule has 0 amide bonds. The van der Waals surface area contributed by atoms with Gasteiger partial charge in [0.1, 0.15) is 0 Å². The van der Waals surface area contributed by atoms with Crippen molar-refractivity contribution >= 4 is 10.1 Å². The van der Waals surface area contributed by atoms with E-state index in [1.807, 2.05) is 19.1 Å². The van der Waals surface area contributed by atoms with Crippen LogP contribution in [0.2, 0.25) is 0 Å². The van der Waals surface area contributed by atoms with Crippen LogP contribution in [0.4, 0.5) is 35.1 Å². The highest BCUT2D eigenvalue weighted by molar-refractivity contribution is 7.86. The first-order valence-electron chi connectivity index (χ1n) is 7.25. The van der Waals surface area contributed by atoms with Crippen LogP contribution in [0.5, 0.6) is 0 Å². The summed E-state index contributed by atoms with van der Waals surface area (Å²) in [6.45, 7) is 5.41. The van der Waals surface area contributed by atoms with Gasteiger partial charge in [0.2, 0.25) is 29.1 Å². The van der Waals surface area contributed by atoms with Crippen LogP contribution in [0.1, 0.15) is 16.7 Å². The molecule has 0 aliphatic heterocycles. The molecule has 0 aromatic heterocycles. The van der Waals surface area contributed by atoms with Crippen LogP contribution in [0.3, 0.4) is 0 Å². The number of aryl methyl sites for hydroxylation is 3. The minimum atomic E-state index is -6.09. The second-order valence-corrected chi connectivity index (χ2v) is 9.66. The number of hydrogen-bond acceptors (Lipinski definition) is 3. The summed E-state index contributed by atoms with van der Waals surface area (Å²) in [4.78, 5) is 0. The second kappa shape index (κ2) is 9.12. The lowest BCUT2D eigenvalue weighted by Gasteiger charge is -2.08. The number of hydrogen-bond donors (Lipinski definition) is 0. The van der Waals surface area contributed by atoms with Gasteiger partial charge in [-0.2, -0.15) is 22.0 Å². The van der Waals surface area contributed by atoms with Crippen molar-refractivity contribution in [1.82, 2.24) is 0 Å². The first-order chi connectivity index (χ1) is 13.0. The second-order valence-electron chi connectivity index (χ2n) is 5.59. The van der Waals surface area contributed by atoms with Crippen molar-refractivity contribution in [3.63, 3.8) is 0 Å². The van der Waals surface area contributed by atoms with E-state index in [-0.39, 0.29) is 0 Å². The Bertz CT molecular complexity index is 983. The Kier molecular flexibility index (Phi) is 8.04. The van der Waals surface area contributed by atoms with Crippen molar-refractivity contribution < 1.29 is 69.3 Å². The van der Waals surface area contributed by atoms with Crippen LogP contribution < -0.4 is 21.2 Å². The first-order valence-corrected chi connectivity index (χ1v) is 10.8. The maximum absolute atomic E-state index is 13.7. The fourth-order valence-electron chi connectivity index (χ4n) is 2.07. The third kappa shape index (κ3) is 6.01. The molecule has 29 heavy (non-hydrogen) atoms. The summed E-state index contributed by atoms with van der Waals surface area (Å²) in [7, 11) is -6.09. The summed E-state index contributed by atoms with van der Waals surface area (Å²) >= 11 is -1.51. The quantitative estimate of drug-likeness (QED) is 0.139. The van der Waals surface area contributed by atoms with Crippen LogP contribution in [-0.4, -0.2) is 18.5 Å². The molecule has 0 radical (unpaired) electrons. The van der Waals surface area contributed by atoms with E-state index in [0.717, 1.165) is 16.7 Å². The molecule has 0 aliphatic rings. The van der Waals surface area contributed by atoms with Gasteiger partial charge in [-0.15, -0.1) is 0 Å². The van der Waals surface area contributed by atoms with Gasteiger partial charge in [-0.3, -0.25) is 0 Å². The van der Waals surface area contributed by atoms with Gasteiger partial charge in [0.15, 0.2) is 13.7 Å². The molecule has 0 heterocycles. The predicted octanol–water partition coefficient (Wildman–Crippen LogP) is 1.49. The van der Waals surface area contributed by atoms with E-state index in [4.69, 9.17) is 13.0 Å². The number of alkyl halides is 3. The molecule has 0 bridgehead atoms. The maximum atomic E-state index is 13.7. The summed E-state index contributed by atoms with van der Waals surface area (Å²) < 4.78 is 126. The van der Waals surface area contributed by atoms with Crippen molar-refractivity contribution in [2.45, 2.75) is 26.3 Å². The van der Waals surface area contributed by atoms with Crippen molar-refractivity contribution in [2.75, 3.05) is 0 Å². The largest absolute Gasteiger partial charge is 0.741 e. The van der Waals surface area contributed by atoms with E-state index in [2.05, 4.69) is 0 Å². The predicted molar refractivity (Wildman–Crippen MR) is 80.0 cm³/mol. The normalized spacial score (nSPS) is 11.9. The zero-order valence-corrected chi connectivity index (χ0v) is 17.7. The van der Waals surface area contributed by atoms with Crippen LogP contribution in [0, 0.1) is 57.0 Å². The van der Waals surface area contributed by atoms with Gasteiger partial charge >= 0.3 is 26.7 Å². The molecule has 2 rings (SSSR count). The van der Waals surface area contributed by atoms with Gasteiger partial charge in [0.05, 0.1) is 0 Å². The van der Waals surface area contributed by atoms with Gasteiger partial charge in [-0.1, -0.05) is 17.7 Å². The Morgan fingerprint density at radius 1 is 0.759 bits per heavy atom. The van der Waals surface area contributed by atoms with E-state index in [1.54, 1.807) is 13.8 Å². The van der Waals surface area contributed by atoms with Crippen LogP contribution in [0.15, 0.2) is 12.1 Å². The Balaban J connectivity index is 0.000000447. The summed E-state index contributed by atoms with van der Waals surface area (Å²) in [6, 6.07) is 3.65. The molecule has 0 fully saturated rings. The molecule has 0 saturated heterocycles. The van der Waals surface area contributed by atoms with Gasteiger partial charge in [-0.05, 0) is 20.8 Å². The average Bonchev–Trinajstić information content (AvgIpc) is 2.55. The molecule has 2 aromatic rings. The zero-order chi connectivity index (χ0) is 22.9. The lowest BCUT2D eigenvalue weighted by atomic mass is 10.1. The van der Waals surface area contributed by atoms with Gasteiger partial charge < -0.3 is 4.55 Å². The molecular weight excluding hydrogens is 551 g/mol. The first kappa shape index (κ1) is 25.6. The topological polar surface area (TPSA) is 57.2 Å². The molecule has 0 unspecified atom stereocenters. The van der Waals surface area contributed by atoms with Crippen molar-refractivity contribution in [3.8, 4) is 0 Å². The summed E-state index contributed by atoms with van der Waals surface area (Å²) in [5.41, 5.74) is -3.07. The van der Waals surface area contributed by atoms with Crippen LogP contribution in [-0.2, 0) is 10.1 Å². The van der Waals surface area contributed by atoms with Crippen LogP contribution >= 0.6 is 0 Å². The van der Waals surface area contributed by atoms with Crippen molar-refractivity contribution in [2.24, 2.45) is 0 Å². The lowest BCUT2D eigenvalue weighted by Crippen LogP contribution is -3.62. The fraction of sp³-hybridized carbons (Fsp3) is 0.250. The van der Waals surface area contributed by atoms with Crippen molar-refractivity contribution in [3.05, 3.63) is 65.0 Å². The molecule has 0 atom stereocenters. The minimum absolute atomic E-state index is 0.669. The van der Waals surface area contributed by atoms with Gasteiger partial charge in [0.25, 0.3) is 3.57 Å². The molecule has 13 heteroatoms. The van der Waals surface area contributed by atoms with Gasteiger partial charge in [0, 0.05) is 11.1 Å². The molecule has 0 N–H and O–H groups in total. The lowest BCUT2D eigenvalue weighted by molar-refractivity contribution is -0.605. The molecule has 3 nitrogen and oxygen atoms in total. The zero-order valence-electron chi connectivity index (χ0n) is 14.7. The SMILES string of the molecule is Cc1cc(C)c([I+]c2c(F)c(F)c(F)c(F)c2F)c(C)c1.O=S(=O)([O-])C(F)(F)F. The molecule has 0 saturated carbocycles. The smallest absolute Gasteiger partial charge is 0.485 e. The summed E-state index contributed by atoms with van der Waals surface area (Å²) in [6.07, 6.45) is 0. The van der Waals surface area contributed by atoms with E-state index < -0.39 is 69.5 Å². The third-order valence-corrected chi connectivity index (χ3v) is 7.50. The standard InChI is InChI=1S/C15H11F5I.CHF3O3S/c1-6-4-7(2)14(8(3)5-6)21-15-12(19)10(17)9(16)11(18)13(15)20;2-1(3,4)8(5,6)7/h4-5H,1-3H3;(H,5,6,7)/q+1;/p-1. The number of rotatable bonds is 2. The number of benzene rings is 2. The molecule has 0 spiro atoms. The Morgan fingerprint density at radius 2 is 1.07 bits per heavy atom. The van der Waals surface area contributed by atoms with Crippen molar-refractivity contribution in [1.29, 1.82) is 0 Å². The molecule has 0 aliphatic carbocycles. The highest BCUT2D eigenvalue weighted by atomic mass is 127. The highest BCUT2D eigenvalue weighted by Crippen LogP contribution is 2.20. The van der Waals surface area contributed by atoms with Crippen LogP contribution in [0.25, 0.3) is 0 Å². The molecular formula is C16H11F8IO3S. The Morgan fingerprint density at radius 3 is 1.38 bits per heavy atom. The average molecular weight is 562 g/mol. The third-order valence-electron chi connectivity index (χ3n) is 3.21. The Labute approximate surface area is 170 Å². The Hall–Kier alpha value is -1.48. The van der Waals surface area contributed by atoms with E-state index in [9.17, 15) is 35.1 Å². The number of halogens is 9. The molecule has 162 valence electrons. The van der Waals surface area contributed by atoms with E-state index >= 15 is 0 Å². The molecule has 2 aromatic carbocycles. The summed E-state index contributed by atoms with van der Waals surface area (Å²) in [5.74, 6) is -9.33. The summed E-state index contributed by atoms with van der Waals surface area (Å²) in [5, 5.41) is 0. The van der Waals surface area contributed by atoms with E-state index in [1.165, 1.54) is 0 Å². The monoisotopic (exact) mass is 562 g/mol. The fourth-order valence-corrected chi connectivity index (χ4v) is 4.72. The minimum Gasteiger partial charge on any atom is -0.741 e.